The van der Waals surface area contributed by atoms with Crippen LogP contribution in [0.3, 0.4) is 0 Å². The van der Waals surface area contributed by atoms with Crippen LogP contribution < -0.4 is 4.74 Å². The summed E-state index contributed by atoms with van der Waals surface area (Å²) in [5, 5.41) is 1.07. The molecule has 0 aliphatic carbocycles. The van der Waals surface area contributed by atoms with E-state index >= 15 is 0 Å². The molecule has 1 heterocycles. The minimum atomic E-state index is 0.760. The van der Waals surface area contributed by atoms with Gasteiger partial charge in [-0.15, -0.1) is 0 Å². The topological polar surface area (TPSA) is 22.1 Å². The molecule has 4 heteroatoms. The molecule has 0 saturated carbocycles. The summed E-state index contributed by atoms with van der Waals surface area (Å²) in [5.74, 6) is 0.760. The first-order chi connectivity index (χ1) is 6.86. The van der Waals surface area contributed by atoms with Crippen molar-refractivity contribution in [1.29, 1.82) is 0 Å². The summed E-state index contributed by atoms with van der Waals surface area (Å²) in [5.41, 5.74) is 0.881. The second-order valence-corrected chi connectivity index (χ2v) is 3.77. The van der Waals surface area contributed by atoms with Gasteiger partial charge in [0.05, 0.1) is 17.5 Å². The van der Waals surface area contributed by atoms with E-state index in [0.717, 1.165) is 32.5 Å². The summed E-state index contributed by atoms with van der Waals surface area (Å²) in [6.07, 6.45) is 1.75. The number of pyridine rings is 1. The Hall–Kier alpha value is -0.930. The van der Waals surface area contributed by atoms with Gasteiger partial charge in [-0.1, -0.05) is 6.07 Å². The summed E-state index contributed by atoms with van der Waals surface area (Å²) in [4.78, 5) is 5.14. The van der Waals surface area contributed by atoms with Crippen molar-refractivity contribution in [3.05, 3.63) is 30.5 Å². The van der Waals surface area contributed by atoms with Crippen LogP contribution in [-0.4, -0.2) is 12.1 Å². The molecular formula is C10H8ClNOS. The van der Waals surface area contributed by atoms with Crippen LogP contribution in [0.4, 0.5) is 0 Å². The van der Waals surface area contributed by atoms with Crippen molar-refractivity contribution in [2.45, 2.75) is 4.90 Å². The number of methoxy groups -OCH3 is 1. The maximum Gasteiger partial charge on any atom is 0.135 e. The number of hydrogen-bond acceptors (Lipinski definition) is 3. The molecule has 0 atom stereocenters. The fourth-order valence-corrected chi connectivity index (χ4v) is 2.25. The van der Waals surface area contributed by atoms with Crippen LogP contribution in [0.1, 0.15) is 0 Å². The first kappa shape index (κ1) is 9.62. The Kier molecular flexibility index (Phi) is 2.79. The molecule has 0 fully saturated rings. The molecule has 2 nitrogen and oxygen atoms in total. The van der Waals surface area contributed by atoms with Gasteiger partial charge in [0, 0.05) is 11.6 Å². The van der Waals surface area contributed by atoms with Crippen molar-refractivity contribution in [1.82, 2.24) is 4.98 Å². The maximum atomic E-state index is 5.79. The molecule has 1 aromatic heterocycles. The second-order valence-electron chi connectivity index (χ2n) is 2.75. The van der Waals surface area contributed by atoms with E-state index in [2.05, 4.69) is 4.98 Å². The van der Waals surface area contributed by atoms with Gasteiger partial charge in [-0.25, -0.2) is 0 Å². The Morgan fingerprint density at radius 1 is 1.36 bits per heavy atom. The van der Waals surface area contributed by atoms with Crippen LogP contribution in [0.2, 0.25) is 0 Å². The smallest absolute Gasteiger partial charge is 0.135 e. The maximum absolute atomic E-state index is 5.79. The third kappa shape index (κ3) is 1.53. The Labute approximate surface area is 90.7 Å². The highest BCUT2D eigenvalue weighted by Crippen LogP contribution is 2.36. The molecular weight excluding hydrogens is 218 g/mol. The van der Waals surface area contributed by atoms with Gasteiger partial charge in [-0.2, -0.15) is 0 Å². The second kappa shape index (κ2) is 4.07. The highest BCUT2D eigenvalue weighted by Gasteiger charge is 2.08. The first-order valence-corrected chi connectivity index (χ1v) is 5.71. The normalized spacial score (nSPS) is 10.4. The van der Waals surface area contributed by atoms with E-state index in [-0.39, 0.29) is 0 Å². The Morgan fingerprint density at radius 2 is 2.21 bits per heavy atom. The average molecular weight is 226 g/mol. The minimum absolute atomic E-state index is 0.760. The number of ether oxygens (including phenoxy) is 1. The van der Waals surface area contributed by atoms with Gasteiger partial charge >= 0.3 is 0 Å². The summed E-state index contributed by atoms with van der Waals surface area (Å²) >= 11 is 0. The summed E-state index contributed by atoms with van der Waals surface area (Å²) in [6.45, 7) is 0. The van der Waals surface area contributed by atoms with E-state index in [4.69, 9.17) is 15.4 Å². The van der Waals surface area contributed by atoms with Crippen LogP contribution in [0.5, 0.6) is 5.75 Å². The molecule has 2 aromatic rings. The van der Waals surface area contributed by atoms with Crippen LogP contribution >= 0.6 is 21.7 Å². The lowest BCUT2D eigenvalue weighted by atomic mass is 10.2. The standard InChI is InChI=1S/C10H8ClNOS/c1-13-8-5-4-7-3-2-6-12-9(7)10(8)14-11/h2-6H,1H3. The van der Waals surface area contributed by atoms with Crippen LogP contribution in [0, 0.1) is 0 Å². The van der Waals surface area contributed by atoms with Crippen molar-refractivity contribution in [3.63, 3.8) is 0 Å². The zero-order valence-corrected chi connectivity index (χ0v) is 9.10. The number of nitrogens with zero attached hydrogens (tertiary/aromatic N) is 1. The molecule has 0 bridgehead atoms. The van der Waals surface area contributed by atoms with Crippen LogP contribution in [0.15, 0.2) is 35.4 Å². The SMILES string of the molecule is COc1ccc2cccnc2c1SCl. The number of hydrogen-bond donors (Lipinski definition) is 0. The lowest BCUT2D eigenvalue weighted by Gasteiger charge is -2.07. The van der Waals surface area contributed by atoms with Crippen molar-refractivity contribution in [3.8, 4) is 5.75 Å². The van der Waals surface area contributed by atoms with Crippen molar-refractivity contribution in [2.75, 3.05) is 7.11 Å². The van der Waals surface area contributed by atoms with Gasteiger partial charge in [0.15, 0.2) is 0 Å². The number of fused-ring (bicyclic) bond motifs is 1. The third-order valence-corrected chi connectivity index (χ3v) is 3.00. The summed E-state index contributed by atoms with van der Waals surface area (Å²) < 4.78 is 5.20. The highest BCUT2D eigenvalue weighted by atomic mass is 35.7. The zero-order chi connectivity index (χ0) is 9.97. The van der Waals surface area contributed by atoms with Crippen molar-refractivity contribution < 1.29 is 4.74 Å². The molecule has 0 aliphatic heterocycles. The molecule has 0 N–H and O–H groups in total. The minimum Gasteiger partial charge on any atom is -0.495 e. The van der Waals surface area contributed by atoms with Crippen LogP contribution in [0.25, 0.3) is 10.9 Å². The van der Waals surface area contributed by atoms with E-state index < -0.39 is 0 Å². The van der Waals surface area contributed by atoms with E-state index in [1.165, 1.54) is 0 Å². The third-order valence-electron chi connectivity index (χ3n) is 1.99. The molecule has 0 spiro atoms. The number of rotatable bonds is 2. The molecule has 0 aliphatic rings. The lowest BCUT2D eigenvalue weighted by molar-refractivity contribution is 0.406. The Morgan fingerprint density at radius 3 is 2.93 bits per heavy atom. The fraction of sp³-hybridized carbons (Fsp3) is 0.100. The Balaban J connectivity index is 2.77. The lowest BCUT2D eigenvalue weighted by Crippen LogP contribution is -1.88. The van der Waals surface area contributed by atoms with E-state index in [0.29, 0.717) is 0 Å². The van der Waals surface area contributed by atoms with Gasteiger partial charge in [0.25, 0.3) is 0 Å². The highest BCUT2D eigenvalue weighted by molar-refractivity contribution is 8.21. The predicted molar refractivity (Wildman–Crippen MR) is 60.0 cm³/mol. The monoisotopic (exact) mass is 225 g/mol. The molecule has 14 heavy (non-hydrogen) atoms. The van der Waals surface area contributed by atoms with E-state index in [1.807, 2.05) is 24.3 Å². The molecule has 0 saturated heterocycles. The van der Waals surface area contributed by atoms with Gasteiger partial charge in [-0.3, -0.25) is 4.98 Å². The summed E-state index contributed by atoms with van der Waals surface area (Å²) in [6, 6.07) is 7.77. The van der Waals surface area contributed by atoms with E-state index in [1.54, 1.807) is 13.3 Å². The van der Waals surface area contributed by atoms with Crippen LogP contribution in [-0.2, 0) is 0 Å². The number of benzene rings is 1. The largest absolute Gasteiger partial charge is 0.495 e. The number of halogens is 1. The molecule has 2 rings (SSSR count). The Bertz CT molecular complexity index is 461. The van der Waals surface area contributed by atoms with Crippen molar-refractivity contribution in [2.24, 2.45) is 0 Å². The van der Waals surface area contributed by atoms with E-state index in [9.17, 15) is 0 Å². The molecule has 1 aromatic carbocycles. The zero-order valence-electron chi connectivity index (χ0n) is 7.53. The fourth-order valence-electron chi connectivity index (χ4n) is 1.34. The molecule has 0 amide bonds. The summed E-state index contributed by atoms with van der Waals surface area (Å²) in [7, 11) is 8.55. The van der Waals surface area contributed by atoms with Gasteiger partial charge in [0.1, 0.15) is 5.75 Å². The molecule has 0 unspecified atom stereocenters. The average Bonchev–Trinajstić information content (AvgIpc) is 2.27. The van der Waals surface area contributed by atoms with Crippen molar-refractivity contribution >= 4 is 32.6 Å². The first-order valence-electron chi connectivity index (χ1n) is 4.07. The van der Waals surface area contributed by atoms with Gasteiger partial charge in [0.2, 0.25) is 0 Å². The number of aromatic nitrogens is 1. The molecule has 72 valence electrons. The molecule has 0 radical (unpaired) electrons. The van der Waals surface area contributed by atoms with Gasteiger partial charge < -0.3 is 4.74 Å². The predicted octanol–water partition coefficient (Wildman–Crippen LogP) is 3.49. The quantitative estimate of drug-likeness (QED) is 0.781. The van der Waals surface area contributed by atoms with Gasteiger partial charge in [-0.05, 0) is 39.9 Å².